The van der Waals surface area contributed by atoms with Crippen molar-refractivity contribution in [2.24, 2.45) is 0 Å². The summed E-state index contributed by atoms with van der Waals surface area (Å²) in [7, 11) is 3.24. The van der Waals surface area contributed by atoms with Crippen LogP contribution in [0.25, 0.3) is 21.8 Å². The highest BCUT2D eigenvalue weighted by molar-refractivity contribution is 6.03. The highest BCUT2D eigenvalue weighted by atomic mass is 16.5. The number of methoxy groups -OCH3 is 2. The summed E-state index contributed by atoms with van der Waals surface area (Å²) in [5.74, 6) is 14.0. The quantitative estimate of drug-likeness (QED) is 0.265. The van der Waals surface area contributed by atoms with Crippen molar-refractivity contribution in [3.8, 4) is 35.2 Å². The van der Waals surface area contributed by atoms with Gasteiger partial charge in [0.2, 0.25) is 0 Å². The van der Waals surface area contributed by atoms with Crippen LogP contribution in [-0.4, -0.2) is 24.2 Å². The molecule has 0 amide bonds. The van der Waals surface area contributed by atoms with E-state index in [0.29, 0.717) is 22.9 Å². The Balaban J connectivity index is 1.56. The molecule has 162 valence electrons. The third-order valence-electron chi connectivity index (χ3n) is 5.31. The summed E-state index contributed by atoms with van der Waals surface area (Å²) >= 11 is 0. The number of rotatable bonds is 2. The van der Waals surface area contributed by atoms with Crippen LogP contribution in [0.4, 0.5) is 0 Å². The number of hydrogen-bond donors (Lipinski definition) is 0. The second kappa shape index (κ2) is 9.36. The van der Waals surface area contributed by atoms with Crippen LogP contribution in [0.1, 0.15) is 22.5 Å². The van der Waals surface area contributed by atoms with E-state index in [9.17, 15) is 0 Å². The van der Waals surface area contributed by atoms with Crippen LogP contribution in [0.15, 0.2) is 84.9 Å². The van der Waals surface area contributed by atoms with E-state index in [2.05, 4.69) is 29.7 Å². The Kier molecular flexibility index (Phi) is 5.80. The van der Waals surface area contributed by atoms with Crippen LogP contribution in [-0.2, 0) is 0 Å². The molecule has 3 aromatic carbocycles. The van der Waals surface area contributed by atoms with Gasteiger partial charge in [-0.05, 0) is 60.4 Å². The molecule has 2 heterocycles. The molecule has 0 aliphatic carbocycles. The van der Waals surface area contributed by atoms with Crippen molar-refractivity contribution >= 4 is 21.8 Å². The molecule has 5 aromatic rings. The molecule has 0 bridgehead atoms. The smallest absolute Gasteiger partial charge is 0.123 e. The maximum atomic E-state index is 5.33. The van der Waals surface area contributed by atoms with Gasteiger partial charge in [0.15, 0.2) is 0 Å². The molecule has 4 nitrogen and oxygen atoms in total. The SMILES string of the molecule is COc1cc(C#Cc2ccc3ccc4ccc(C#Cc5ccccc5)nc4c3n2)cc(OC)c1. The first-order valence-electron chi connectivity index (χ1n) is 10.7. The van der Waals surface area contributed by atoms with E-state index in [1.807, 2.05) is 78.9 Å². The van der Waals surface area contributed by atoms with Gasteiger partial charge >= 0.3 is 0 Å². The van der Waals surface area contributed by atoms with Gasteiger partial charge in [0, 0.05) is 28.0 Å². The fourth-order valence-electron chi connectivity index (χ4n) is 3.58. The molecular weight excluding hydrogens is 420 g/mol. The van der Waals surface area contributed by atoms with Gasteiger partial charge in [0.05, 0.1) is 25.3 Å². The number of ether oxygens (including phenoxy) is 2. The average Bonchev–Trinajstić information content (AvgIpc) is 2.90. The van der Waals surface area contributed by atoms with Crippen LogP contribution >= 0.6 is 0 Å². The van der Waals surface area contributed by atoms with Gasteiger partial charge in [-0.2, -0.15) is 0 Å². The van der Waals surface area contributed by atoms with E-state index in [1.54, 1.807) is 14.2 Å². The lowest BCUT2D eigenvalue weighted by Crippen LogP contribution is -1.91. The molecule has 0 fully saturated rings. The van der Waals surface area contributed by atoms with E-state index < -0.39 is 0 Å². The van der Waals surface area contributed by atoms with Crippen LogP contribution in [0.2, 0.25) is 0 Å². The Hall–Kier alpha value is -4.80. The van der Waals surface area contributed by atoms with Crippen molar-refractivity contribution in [1.82, 2.24) is 9.97 Å². The standard InChI is InChI=1S/C30H20N2O2/c1-33-27-18-22(19-28(20-27)34-2)9-15-26-17-13-24-11-10-23-12-16-25(31-29(23)30(24)32-26)14-8-21-6-4-3-5-7-21/h3-7,10-13,16-20H,1-2H3. The Labute approximate surface area is 198 Å². The second-order valence-corrected chi connectivity index (χ2v) is 7.57. The van der Waals surface area contributed by atoms with Crippen molar-refractivity contribution in [1.29, 1.82) is 0 Å². The van der Waals surface area contributed by atoms with Gasteiger partial charge in [-0.3, -0.25) is 0 Å². The first-order valence-corrected chi connectivity index (χ1v) is 10.7. The van der Waals surface area contributed by atoms with Gasteiger partial charge in [0.25, 0.3) is 0 Å². The zero-order chi connectivity index (χ0) is 23.3. The molecule has 4 heteroatoms. The molecule has 2 aromatic heterocycles. The van der Waals surface area contributed by atoms with Gasteiger partial charge in [-0.1, -0.05) is 42.2 Å². The van der Waals surface area contributed by atoms with E-state index >= 15 is 0 Å². The van der Waals surface area contributed by atoms with Crippen molar-refractivity contribution in [3.63, 3.8) is 0 Å². The Morgan fingerprint density at radius 2 is 1.03 bits per heavy atom. The lowest BCUT2D eigenvalue weighted by Gasteiger charge is -2.05. The molecule has 0 atom stereocenters. The Bertz CT molecular complexity index is 1610. The lowest BCUT2D eigenvalue weighted by molar-refractivity contribution is 0.394. The number of nitrogens with zero attached hydrogens (tertiary/aromatic N) is 2. The number of aromatic nitrogens is 2. The minimum atomic E-state index is 0.657. The van der Waals surface area contributed by atoms with Crippen LogP contribution in [0, 0.1) is 23.7 Å². The van der Waals surface area contributed by atoms with Crippen molar-refractivity contribution < 1.29 is 9.47 Å². The number of pyridine rings is 2. The Morgan fingerprint density at radius 3 is 1.56 bits per heavy atom. The highest BCUT2D eigenvalue weighted by Gasteiger charge is 2.06. The summed E-state index contributed by atoms with van der Waals surface area (Å²) in [6.07, 6.45) is 0. The Morgan fingerprint density at radius 1 is 0.529 bits per heavy atom. The minimum absolute atomic E-state index is 0.657. The molecule has 0 saturated heterocycles. The van der Waals surface area contributed by atoms with Crippen LogP contribution < -0.4 is 9.47 Å². The maximum absolute atomic E-state index is 5.33. The minimum Gasteiger partial charge on any atom is -0.497 e. The molecule has 34 heavy (non-hydrogen) atoms. The maximum Gasteiger partial charge on any atom is 0.123 e. The molecule has 0 saturated carbocycles. The van der Waals surface area contributed by atoms with Gasteiger partial charge in [0.1, 0.15) is 22.9 Å². The first-order chi connectivity index (χ1) is 16.7. The van der Waals surface area contributed by atoms with Crippen molar-refractivity contribution in [2.45, 2.75) is 0 Å². The van der Waals surface area contributed by atoms with E-state index in [1.165, 1.54) is 0 Å². The zero-order valence-corrected chi connectivity index (χ0v) is 18.8. The summed E-state index contributed by atoms with van der Waals surface area (Å²) in [6, 6.07) is 27.4. The summed E-state index contributed by atoms with van der Waals surface area (Å²) in [5.41, 5.74) is 4.70. The molecule has 5 rings (SSSR count). The first kappa shape index (κ1) is 21.1. The normalized spacial score (nSPS) is 10.2. The topological polar surface area (TPSA) is 44.2 Å². The van der Waals surface area contributed by atoms with Gasteiger partial charge in [-0.25, -0.2) is 9.97 Å². The van der Waals surface area contributed by atoms with E-state index in [4.69, 9.17) is 19.4 Å². The van der Waals surface area contributed by atoms with Crippen LogP contribution in [0.3, 0.4) is 0 Å². The number of fused-ring (bicyclic) bond motifs is 3. The lowest BCUT2D eigenvalue weighted by atomic mass is 10.1. The molecule has 0 unspecified atom stereocenters. The van der Waals surface area contributed by atoms with Gasteiger partial charge in [-0.15, -0.1) is 0 Å². The largest absolute Gasteiger partial charge is 0.497 e. The summed E-state index contributed by atoms with van der Waals surface area (Å²) < 4.78 is 10.7. The molecular formula is C30H20N2O2. The molecule has 0 radical (unpaired) electrons. The van der Waals surface area contributed by atoms with E-state index in [-0.39, 0.29) is 0 Å². The summed E-state index contributed by atoms with van der Waals surface area (Å²) in [6.45, 7) is 0. The fourth-order valence-corrected chi connectivity index (χ4v) is 3.58. The summed E-state index contributed by atoms with van der Waals surface area (Å²) in [4.78, 5) is 9.62. The predicted octanol–water partition coefficient (Wildman–Crippen LogP) is 5.60. The van der Waals surface area contributed by atoms with Gasteiger partial charge < -0.3 is 9.47 Å². The zero-order valence-electron chi connectivity index (χ0n) is 18.8. The molecule has 0 N–H and O–H groups in total. The summed E-state index contributed by atoms with van der Waals surface area (Å²) in [5, 5.41) is 2.01. The third kappa shape index (κ3) is 4.53. The average molecular weight is 441 g/mol. The number of benzene rings is 3. The fraction of sp³-hybridized carbons (Fsp3) is 0.0667. The van der Waals surface area contributed by atoms with Crippen LogP contribution in [0.5, 0.6) is 11.5 Å². The molecule has 0 aliphatic heterocycles. The van der Waals surface area contributed by atoms with E-state index in [0.717, 1.165) is 32.9 Å². The molecule has 0 aliphatic rings. The number of hydrogen-bond acceptors (Lipinski definition) is 4. The second-order valence-electron chi connectivity index (χ2n) is 7.57. The monoisotopic (exact) mass is 440 g/mol. The molecule has 0 spiro atoms. The highest BCUT2D eigenvalue weighted by Crippen LogP contribution is 2.24. The third-order valence-corrected chi connectivity index (χ3v) is 5.31. The van der Waals surface area contributed by atoms with Crippen molar-refractivity contribution in [2.75, 3.05) is 14.2 Å². The van der Waals surface area contributed by atoms with Crippen molar-refractivity contribution in [3.05, 3.63) is 107 Å². The predicted molar refractivity (Wildman–Crippen MR) is 135 cm³/mol.